The second kappa shape index (κ2) is 8.76. The van der Waals surface area contributed by atoms with Crippen LogP contribution in [0.25, 0.3) is 10.9 Å². The van der Waals surface area contributed by atoms with Crippen LogP contribution in [0.15, 0.2) is 58.5 Å². The molecule has 3 rings (SSSR count). The molecular formula is C20H22N2O3S. The fourth-order valence-electron chi connectivity index (χ4n) is 2.64. The van der Waals surface area contributed by atoms with E-state index in [9.17, 15) is 4.79 Å². The Labute approximate surface area is 157 Å². The third-order valence-corrected chi connectivity index (χ3v) is 4.86. The zero-order valence-electron chi connectivity index (χ0n) is 15.0. The Balaban J connectivity index is 1.69. The molecule has 136 valence electrons. The Kier molecular flexibility index (Phi) is 6.17. The first-order valence-electron chi connectivity index (χ1n) is 8.62. The number of hydrogen-bond donors (Lipinski definition) is 0. The molecule has 2 aromatic carbocycles. The van der Waals surface area contributed by atoms with Crippen LogP contribution in [0, 0.1) is 0 Å². The van der Waals surface area contributed by atoms with Gasteiger partial charge in [0.25, 0.3) is 5.56 Å². The summed E-state index contributed by atoms with van der Waals surface area (Å²) in [5.74, 6) is 2.31. The number of benzene rings is 2. The van der Waals surface area contributed by atoms with Crippen molar-refractivity contribution in [2.75, 3.05) is 19.5 Å². The normalized spacial score (nSPS) is 10.8. The number of hydrogen-bond acceptors (Lipinski definition) is 5. The summed E-state index contributed by atoms with van der Waals surface area (Å²) in [6, 6.07) is 15.0. The third-order valence-electron chi connectivity index (χ3n) is 3.92. The van der Waals surface area contributed by atoms with Gasteiger partial charge in [-0.2, -0.15) is 0 Å². The highest BCUT2D eigenvalue weighted by Crippen LogP contribution is 2.20. The number of para-hydroxylation sites is 1. The lowest BCUT2D eigenvalue weighted by Gasteiger charge is -2.12. The Morgan fingerprint density at radius 2 is 1.81 bits per heavy atom. The van der Waals surface area contributed by atoms with E-state index in [1.165, 1.54) is 0 Å². The molecule has 1 heterocycles. The van der Waals surface area contributed by atoms with Crippen LogP contribution in [-0.2, 0) is 6.54 Å². The van der Waals surface area contributed by atoms with Gasteiger partial charge in [0.1, 0.15) is 11.5 Å². The van der Waals surface area contributed by atoms with Crippen LogP contribution in [0.5, 0.6) is 11.5 Å². The molecule has 0 aliphatic rings. The van der Waals surface area contributed by atoms with Crippen molar-refractivity contribution < 1.29 is 9.47 Å². The fraction of sp³-hybridized carbons (Fsp3) is 0.300. The maximum absolute atomic E-state index is 12.7. The van der Waals surface area contributed by atoms with E-state index in [4.69, 9.17) is 9.47 Å². The summed E-state index contributed by atoms with van der Waals surface area (Å²) in [7, 11) is 1.64. The van der Waals surface area contributed by atoms with Crippen molar-refractivity contribution in [3.63, 3.8) is 0 Å². The maximum Gasteiger partial charge on any atom is 0.262 e. The number of methoxy groups -OCH3 is 1. The number of ether oxygens (including phenoxy) is 2. The minimum Gasteiger partial charge on any atom is -0.497 e. The van der Waals surface area contributed by atoms with Gasteiger partial charge in [-0.15, -0.1) is 0 Å². The Morgan fingerprint density at radius 1 is 1.08 bits per heavy atom. The third kappa shape index (κ3) is 4.19. The van der Waals surface area contributed by atoms with Crippen molar-refractivity contribution >= 4 is 22.7 Å². The van der Waals surface area contributed by atoms with Crippen LogP contribution in [0.1, 0.15) is 13.3 Å². The van der Waals surface area contributed by atoms with Gasteiger partial charge >= 0.3 is 0 Å². The van der Waals surface area contributed by atoms with Crippen molar-refractivity contribution in [3.8, 4) is 11.5 Å². The van der Waals surface area contributed by atoms with Gasteiger partial charge in [0.2, 0.25) is 0 Å². The Morgan fingerprint density at radius 3 is 2.54 bits per heavy atom. The molecule has 0 saturated heterocycles. The molecule has 0 saturated carbocycles. The highest BCUT2D eigenvalue weighted by atomic mass is 32.2. The van der Waals surface area contributed by atoms with Gasteiger partial charge in [0, 0.05) is 12.3 Å². The Hall–Kier alpha value is -2.47. The smallest absolute Gasteiger partial charge is 0.262 e. The number of rotatable bonds is 8. The zero-order chi connectivity index (χ0) is 18.4. The highest BCUT2D eigenvalue weighted by Gasteiger charge is 2.10. The lowest BCUT2D eigenvalue weighted by molar-refractivity contribution is 0.342. The molecule has 0 spiro atoms. The summed E-state index contributed by atoms with van der Waals surface area (Å²) in [4.78, 5) is 17.4. The van der Waals surface area contributed by atoms with Crippen LogP contribution in [-0.4, -0.2) is 29.0 Å². The number of nitrogens with zero attached hydrogens (tertiary/aromatic N) is 2. The molecule has 0 aliphatic carbocycles. The summed E-state index contributed by atoms with van der Waals surface area (Å²) in [5, 5.41) is 1.41. The van der Waals surface area contributed by atoms with Crippen LogP contribution in [0.4, 0.5) is 0 Å². The molecule has 6 heteroatoms. The lowest BCUT2D eigenvalue weighted by Crippen LogP contribution is -2.23. The van der Waals surface area contributed by atoms with Crippen LogP contribution >= 0.6 is 11.8 Å². The summed E-state index contributed by atoms with van der Waals surface area (Å²) in [6.45, 7) is 3.26. The molecule has 26 heavy (non-hydrogen) atoms. The van der Waals surface area contributed by atoms with Crippen molar-refractivity contribution in [3.05, 3.63) is 58.9 Å². The minimum atomic E-state index is 0.0241. The number of thioether (sulfide) groups is 1. The molecule has 5 nitrogen and oxygen atoms in total. The predicted molar refractivity (Wildman–Crippen MR) is 106 cm³/mol. The van der Waals surface area contributed by atoms with Crippen LogP contribution in [0.2, 0.25) is 0 Å². The molecule has 0 aliphatic heterocycles. The van der Waals surface area contributed by atoms with E-state index >= 15 is 0 Å². The second-order valence-corrected chi connectivity index (χ2v) is 6.80. The maximum atomic E-state index is 12.7. The molecule has 0 atom stereocenters. The molecule has 0 amide bonds. The van der Waals surface area contributed by atoms with Gasteiger partial charge in [-0.1, -0.05) is 30.8 Å². The zero-order valence-corrected chi connectivity index (χ0v) is 15.8. The van der Waals surface area contributed by atoms with Crippen LogP contribution in [0.3, 0.4) is 0 Å². The van der Waals surface area contributed by atoms with Crippen molar-refractivity contribution in [2.24, 2.45) is 0 Å². The van der Waals surface area contributed by atoms with E-state index in [0.717, 1.165) is 28.6 Å². The largest absolute Gasteiger partial charge is 0.497 e. The van der Waals surface area contributed by atoms with E-state index in [1.54, 1.807) is 23.4 Å². The van der Waals surface area contributed by atoms with E-state index < -0.39 is 0 Å². The Bertz CT molecular complexity index is 922. The average molecular weight is 370 g/mol. The number of aromatic nitrogens is 2. The summed E-state index contributed by atoms with van der Waals surface area (Å²) in [6.07, 6.45) is 0.885. The first-order chi connectivity index (χ1) is 12.7. The summed E-state index contributed by atoms with van der Waals surface area (Å²) < 4.78 is 12.7. The molecule has 0 radical (unpaired) electrons. The monoisotopic (exact) mass is 370 g/mol. The van der Waals surface area contributed by atoms with Gasteiger partial charge in [-0.05, 0) is 42.8 Å². The van der Waals surface area contributed by atoms with E-state index in [-0.39, 0.29) is 5.56 Å². The molecule has 0 unspecified atom stereocenters. The highest BCUT2D eigenvalue weighted by molar-refractivity contribution is 7.99. The first kappa shape index (κ1) is 18.3. The van der Waals surface area contributed by atoms with Crippen LogP contribution < -0.4 is 15.0 Å². The van der Waals surface area contributed by atoms with Crippen molar-refractivity contribution in [1.29, 1.82) is 0 Å². The number of fused-ring (bicyclic) bond motifs is 1. The second-order valence-electron chi connectivity index (χ2n) is 5.74. The minimum absolute atomic E-state index is 0.0241. The van der Waals surface area contributed by atoms with Gasteiger partial charge in [0.15, 0.2) is 5.16 Å². The molecule has 0 N–H and O–H groups in total. The van der Waals surface area contributed by atoms with Gasteiger partial charge in [-0.25, -0.2) is 4.98 Å². The molecule has 3 aromatic rings. The lowest BCUT2D eigenvalue weighted by atomic mass is 10.2. The molecule has 1 aromatic heterocycles. The predicted octanol–water partition coefficient (Wildman–Crippen LogP) is 3.99. The summed E-state index contributed by atoms with van der Waals surface area (Å²) in [5.41, 5.74) is 0.763. The van der Waals surface area contributed by atoms with E-state index in [1.807, 2.05) is 48.5 Å². The molecule has 0 bridgehead atoms. The van der Waals surface area contributed by atoms with Crippen molar-refractivity contribution in [1.82, 2.24) is 9.55 Å². The molecular weight excluding hydrogens is 348 g/mol. The summed E-state index contributed by atoms with van der Waals surface area (Å²) >= 11 is 1.55. The fourth-order valence-corrected chi connectivity index (χ4v) is 3.49. The average Bonchev–Trinajstić information content (AvgIpc) is 2.68. The van der Waals surface area contributed by atoms with Crippen molar-refractivity contribution in [2.45, 2.75) is 25.0 Å². The van der Waals surface area contributed by atoms with E-state index in [0.29, 0.717) is 24.3 Å². The SMILES string of the molecule is CCCn1c(SCCOc2ccc(OC)cc2)nc2ccccc2c1=O. The first-order valence-corrected chi connectivity index (χ1v) is 9.60. The van der Waals surface area contributed by atoms with Gasteiger partial charge < -0.3 is 9.47 Å². The standard InChI is InChI=1S/C20H22N2O3S/c1-3-12-22-19(23)17-6-4-5-7-18(17)21-20(22)26-14-13-25-16-10-8-15(24-2)9-11-16/h4-11H,3,12-14H2,1-2H3. The molecule has 0 fully saturated rings. The van der Waals surface area contributed by atoms with E-state index in [2.05, 4.69) is 11.9 Å². The van der Waals surface area contributed by atoms with Gasteiger partial charge in [0.05, 0.1) is 24.6 Å². The topological polar surface area (TPSA) is 53.4 Å². The quantitative estimate of drug-likeness (QED) is 0.341. The van der Waals surface area contributed by atoms with Gasteiger partial charge in [-0.3, -0.25) is 9.36 Å².